The van der Waals surface area contributed by atoms with Crippen molar-refractivity contribution in [2.45, 2.75) is 18.7 Å². The van der Waals surface area contributed by atoms with Gasteiger partial charge in [0.25, 0.3) is 0 Å². The van der Waals surface area contributed by atoms with Gasteiger partial charge in [0.05, 0.1) is 6.04 Å². The molecule has 8 heteroatoms. The van der Waals surface area contributed by atoms with E-state index in [1.807, 2.05) is 31.2 Å². The smallest absolute Gasteiger partial charge is 0.236 e. The fraction of sp³-hybridized carbons (Fsp3) is 0.167. The minimum atomic E-state index is -1.16. The number of carbonyl (C=O) groups is 1. The molecule has 5 rings (SSSR count). The number of rotatable bonds is 3. The van der Waals surface area contributed by atoms with Crippen molar-refractivity contribution in [3.8, 4) is 5.75 Å². The lowest BCUT2D eigenvalue weighted by Crippen LogP contribution is -2.72. The van der Waals surface area contributed by atoms with E-state index in [2.05, 4.69) is 10.6 Å². The van der Waals surface area contributed by atoms with Gasteiger partial charge in [-0.05, 0) is 73.7 Å². The summed E-state index contributed by atoms with van der Waals surface area (Å²) in [4.78, 5) is 15.4. The minimum Gasteiger partial charge on any atom is -0.467 e. The monoisotopic (exact) mass is 467 g/mol. The molecule has 0 radical (unpaired) electrons. The Balaban J connectivity index is 1.60. The van der Waals surface area contributed by atoms with Crippen molar-refractivity contribution in [3.05, 3.63) is 89.2 Å². The van der Waals surface area contributed by atoms with E-state index >= 15 is 0 Å². The van der Waals surface area contributed by atoms with Crippen molar-refractivity contribution < 1.29 is 13.9 Å². The summed E-state index contributed by atoms with van der Waals surface area (Å²) < 4.78 is 20.1. The zero-order chi connectivity index (χ0) is 22.5. The average molecular weight is 468 g/mol. The molecule has 1 amide bonds. The van der Waals surface area contributed by atoms with E-state index in [4.69, 9.17) is 28.6 Å². The summed E-state index contributed by atoms with van der Waals surface area (Å²) in [5.41, 5.74) is 0.932. The van der Waals surface area contributed by atoms with Crippen LogP contribution in [0.4, 0.5) is 15.8 Å². The van der Waals surface area contributed by atoms with Crippen molar-refractivity contribution in [1.82, 2.24) is 5.32 Å². The van der Waals surface area contributed by atoms with Gasteiger partial charge >= 0.3 is 0 Å². The third kappa shape index (κ3) is 3.38. The number of hydrogen-bond acceptors (Lipinski definition) is 3. The number of nitrogens with one attached hydrogen (secondary N) is 2. The van der Waals surface area contributed by atoms with Crippen LogP contribution in [0.15, 0.2) is 72.8 Å². The first-order valence-corrected chi connectivity index (χ1v) is 10.9. The van der Waals surface area contributed by atoms with Crippen molar-refractivity contribution >= 4 is 46.2 Å². The Kier molecular flexibility index (Phi) is 5.03. The number of para-hydroxylation sites is 1. The van der Waals surface area contributed by atoms with E-state index < -0.39 is 17.7 Å². The zero-order valence-electron chi connectivity index (χ0n) is 17.0. The highest BCUT2D eigenvalue weighted by molar-refractivity contribution is 7.80. The van der Waals surface area contributed by atoms with Crippen LogP contribution in [-0.2, 0) is 4.79 Å². The quantitative estimate of drug-likeness (QED) is 0.513. The fourth-order valence-corrected chi connectivity index (χ4v) is 5.00. The molecular formula is C24H19ClFN3O2S. The largest absolute Gasteiger partial charge is 0.467 e. The standard InChI is InChI=1S/C24H19ClFN3O2S/c1-24-20(22(30)27-16-10-6-14(25)7-11-16)21(18-4-2-3-5-19(18)31-24)28-23(32)29(24)17-12-8-15(26)9-13-17/h2-13,20-21H,1H3,(H,27,30)(H,28,32)/t20-,21+,24-/m0/s1. The van der Waals surface area contributed by atoms with Gasteiger partial charge in [-0.2, -0.15) is 0 Å². The van der Waals surface area contributed by atoms with Gasteiger partial charge in [-0.1, -0.05) is 29.8 Å². The van der Waals surface area contributed by atoms with Gasteiger partial charge in [0, 0.05) is 22.0 Å². The Labute approximate surface area is 195 Å². The molecule has 32 heavy (non-hydrogen) atoms. The predicted molar refractivity (Wildman–Crippen MR) is 126 cm³/mol. The number of fused-ring (bicyclic) bond motifs is 4. The molecule has 2 bridgehead atoms. The lowest BCUT2D eigenvalue weighted by Gasteiger charge is -2.56. The number of amides is 1. The molecule has 162 valence electrons. The second-order valence-electron chi connectivity index (χ2n) is 7.91. The summed E-state index contributed by atoms with van der Waals surface area (Å²) in [5.74, 6) is -0.612. The number of benzene rings is 3. The highest BCUT2D eigenvalue weighted by Crippen LogP contribution is 2.49. The van der Waals surface area contributed by atoms with Gasteiger partial charge in [-0.3, -0.25) is 9.69 Å². The van der Waals surface area contributed by atoms with Crippen LogP contribution in [0.25, 0.3) is 0 Å². The van der Waals surface area contributed by atoms with Crippen LogP contribution < -0.4 is 20.3 Å². The SMILES string of the molecule is C[C@@]12Oc3ccccc3[C@@H](NC(=S)N1c1ccc(F)cc1)[C@H]2C(=O)Nc1ccc(Cl)cc1. The summed E-state index contributed by atoms with van der Waals surface area (Å²) in [5, 5.41) is 7.27. The maximum Gasteiger partial charge on any atom is 0.236 e. The highest BCUT2D eigenvalue weighted by Gasteiger charge is 2.59. The Morgan fingerprint density at radius 2 is 1.81 bits per heavy atom. The molecule has 3 atom stereocenters. The molecule has 3 aromatic rings. The molecule has 0 aromatic heterocycles. The number of thiocarbonyl (C=S) groups is 1. The van der Waals surface area contributed by atoms with Gasteiger partial charge < -0.3 is 15.4 Å². The number of carbonyl (C=O) groups excluding carboxylic acids is 1. The Morgan fingerprint density at radius 1 is 1.12 bits per heavy atom. The van der Waals surface area contributed by atoms with Crippen molar-refractivity contribution in [1.29, 1.82) is 0 Å². The van der Waals surface area contributed by atoms with Crippen LogP contribution in [0.3, 0.4) is 0 Å². The number of nitrogens with zero attached hydrogens (tertiary/aromatic N) is 1. The molecule has 0 aliphatic carbocycles. The molecule has 5 nitrogen and oxygen atoms in total. The van der Waals surface area contributed by atoms with Gasteiger partial charge in [0.1, 0.15) is 17.5 Å². The van der Waals surface area contributed by atoms with Crippen molar-refractivity contribution in [2.75, 3.05) is 10.2 Å². The Bertz CT molecular complexity index is 1200. The zero-order valence-corrected chi connectivity index (χ0v) is 18.6. The van der Waals surface area contributed by atoms with Crippen molar-refractivity contribution in [3.63, 3.8) is 0 Å². The van der Waals surface area contributed by atoms with E-state index in [9.17, 15) is 9.18 Å². The third-order valence-electron chi connectivity index (χ3n) is 5.89. The Hall–Kier alpha value is -3.16. The van der Waals surface area contributed by atoms with E-state index in [1.54, 1.807) is 41.3 Å². The fourth-order valence-electron chi connectivity index (χ4n) is 4.46. The van der Waals surface area contributed by atoms with Crippen LogP contribution in [0.5, 0.6) is 5.75 Å². The molecule has 1 fully saturated rings. The second-order valence-corrected chi connectivity index (χ2v) is 8.73. The van der Waals surface area contributed by atoms with Crippen LogP contribution in [0, 0.1) is 11.7 Å². The van der Waals surface area contributed by atoms with Gasteiger partial charge in [-0.25, -0.2) is 4.39 Å². The maximum atomic E-state index is 13.6. The summed E-state index contributed by atoms with van der Waals surface area (Å²) >= 11 is 11.7. The average Bonchev–Trinajstić information content (AvgIpc) is 2.76. The lowest BCUT2D eigenvalue weighted by molar-refractivity contribution is -0.130. The number of ether oxygens (including phenoxy) is 1. The Morgan fingerprint density at radius 3 is 2.53 bits per heavy atom. The van der Waals surface area contributed by atoms with Gasteiger partial charge in [0.15, 0.2) is 10.8 Å². The van der Waals surface area contributed by atoms with Crippen LogP contribution >= 0.6 is 23.8 Å². The lowest BCUT2D eigenvalue weighted by atomic mass is 9.78. The summed E-state index contributed by atoms with van der Waals surface area (Å²) in [6.45, 7) is 1.83. The van der Waals surface area contributed by atoms with Gasteiger partial charge in [0.2, 0.25) is 5.91 Å². The van der Waals surface area contributed by atoms with Gasteiger partial charge in [-0.15, -0.1) is 0 Å². The summed E-state index contributed by atoms with van der Waals surface area (Å²) in [6.07, 6.45) is 0. The molecule has 2 aliphatic rings. The first-order valence-electron chi connectivity index (χ1n) is 10.1. The second kappa shape index (κ2) is 7.76. The molecule has 3 aromatic carbocycles. The normalized spacial score (nSPS) is 23.6. The molecule has 0 spiro atoms. The first-order chi connectivity index (χ1) is 15.4. The molecule has 0 saturated carbocycles. The summed E-state index contributed by atoms with van der Waals surface area (Å²) in [7, 11) is 0. The van der Waals surface area contributed by atoms with Crippen molar-refractivity contribution in [2.24, 2.45) is 5.92 Å². The molecule has 2 heterocycles. The molecular weight excluding hydrogens is 449 g/mol. The minimum absolute atomic E-state index is 0.239. The van der Waals surface area contributed by atoms with Crippen LogP contribution in [0.1, 0.15) is 18.5 Å². The van der Waals surface area contributed by atoms with Crippen LogP contribution in [-0.4, -0.2) is 16.7 Å². The van der Waals surface area contributed by atoms with E-state index in [1.165, 1.54) is 12.1 Å². The summed E-state index contributed by atoms with van der Waals surface area (Å²) in [6, 6.07) is 20.0. The molecule has 1 saturated heterocycles. The highest BCUT2D eigenvalue weighted by atomic mass is 35.5. The number of anilines is 2. The third-order valence-corrected chi connectivity index (χ3v) is 6.44. The van der Waals surface area contributed by atoms with E-state index in [0.29, 0.717) is 27.3 Å². The topological polar surface area (TPSA) is 53.6 Å². The predicted octanol–water partition coefficient (Wildman–Crippen LogP) is 5.28. The molecule has 2 N–H and O–H groups in total. The van der Waals surface area contributed by atoms with Crippen LogP contribution in [0.2, 0.25) is 5.02 Å². The molecule has 0 unspecified atom stereocenters. The molecule has 2 aliphatic heterocycles. The van der Waals surface area contributed by atoms with E-state index in [-0.39, 0.29) is 11.7 Å². The number of halogens is 2. The van der Waals surface area contributed by atoms with E-state index in [0.717, 1.165) is 5.56 Å². The maximum absolute atomic E-state index is 13.6. The number of hydrogen-bond donors (Lipinski definition) is 2. The first kappa shape index (κ1) is 20.7.